The summed E-state index contributed by atoms with van der Waals surface area (Å²) in [4.78, 5) is 24.9. The maximum Gasteiger partial charge on any atom is 0.259 e. The summed E-state index contributed by atoms with van der Waals surface area (Å²) in [5.41, 5.74) is 1.61. The van der Waals surface area contributed by atoms with Crippen LogP contribution >= 0.6 is 0 Å². The van der Waals surface area contributed by atoms with Crippen LogP contribution in [0.15, 0.2) is 49.1 Å². The van der Waals surface area contributed by atoms with Gasteiger partial charge in [0.2, 0.25) is 0 Å². The van der Waals surface area contributed by atoms with Gasteiger partial charge in [0.25, 0.3) is 11.8 Å². The molecule has 0 bridgehead atoms. The molecule has 190 valence electrons. The number of nitrogens with zero attached hydrogens (tertiary/aromatic N) is 7. The number of aryl methyl sites for hydroxylation is 1. The topological polar surface area (TPSA) is 81.0 Å². The highest BCUT2D eigenvalue weighted by Crippen LogP contribution is 2.43. The molecular formula is C25H29F2N7O2. The monoisotopic (exact) mass is 497 g/mol. The Morgan fingerprint density at radius 2 is 1.81 bits per heavy atom. The Bertz CT molecular complexity index is 1250. The lowest BCUT2D eigenvalue weighted by atomic mass is 9.97. The number of anilines is 2. The highest BCUT2D eigenvalue weighted by atomic mass is 19.1. The third-order valence-corrected chi connectivity index (χ3v) is 7.06. The van der Waals surface area contributed by atoms with Gasteiger partial charge in [-0.25, -0.2) is 13.8 Å². The maximum atomic E-state index is 15.1. The van der Waals surface area contributed by atoms with Gasteiger partial charge in [0.15, 0.2) is 0 Å². The molecule has 0 aliphatic carbocycles. The highest BCUT2D eigenvalue weighted by Gasteiger charge is 2.50. The van der Waals surface area contributed by atoms with Crippen LogP contribution < -0.4 is 9.80 Å². The first-order chi connectivity index (χ1) is 17.3. The van der Waals surface area contributed by atoms with Gasteiger partial charge in [0, 0.05) is 58.1 Å². The van der Waals surface area contributed by atoms with Crippen molar-refractivity contribution in [2.24, 2.45) is 0 Å². The number of piperazine rings is 1. The van der Waals surface area contributed by atoms with Crippen LogP contribution in [0.3, 0.4) is 0 Å². The van der Waals surface area contributed by atoms with E-state index in [1.54, 1.807) is 24.1 Å². The van der Waals surface area contributed by atoms with Crippen LogP contribution in [0.4, 0.5) is 20.2 Å². The second-order valence-electron chi connectivity index (χ2n) is 9.28. The molecule has 1 saturated heterocycles. The molecule has 1 unspecified atom stereocenters. The van der Waals surface area contributed by atoms with E-state index in [9.17, 15) is 14.3 Å². The van der Waals surface area contributed by atoms with Crippen molar-refractivity contribution >= 4 is 17.3 Å². The molecule has 0 spiro atoms. The molecule has 36 heavy (non-hydrogen) atoms. The summed E-state index contributed by atoms with van der Waals surface area (Å²) in [6, 6.07) is 8.51. The molecule has 11 heteroatoms. The number of fused-ring (bicyclic) bond motifs is 1. The maximum absolute atomic E-state index is 15.1. The summed E-state index contributed by atoms with van der Waals surface area (Å²) in [5.74, 6) is -4.29. The van der Waals surface area contributed by atoms with Crippen LogP contribution in [-0.4, -0.2) is 82.4 Å². The normalized spacial score (nSPS) is 20.7. The Balaban J connectivity index is 1.54. The number of aliphatic hydroxyl groups is 1. The second-order valence-corrected chi connectivity index (χ2v) is 9.28. The molecule has 2 aliphatic rings. The zero-order valence-corrected chi connectivity index (χ0v) is 20.3. The van der Waals surface area contributed by atoms with Gasteiger partial charge in [-0.15, -0.1) is 0 Å². The lowest BCUT2D eigenvalue weighted by Crippen LogP contribution is -2.63. The molecule has 1 amide bonds. The Morgan fingerprint density at radius 1 is 1.03 bits per heavy atom. The molecule has 0 saturated carbocycles. The predicted molar refractivity (Wildman–Crippen MR) is 130 cm³/mol. The number of carbonyl (C=O) groups excluding carboxylic acids is 1. The van der Waals surface area contributed by atoms with Crippen LogP contribution in [0, 0.1) is 11.6 Å². The van der Waals surface area contributed by atoms with E-state index < -0.39 is 23.4 Å². The Labute approximate surface area is 208 Å². The summed E-state index contributed by atoms with van der Waals surface area (Å²) in [7, 11) is 3.69. The molecule has 1 N–H and O–H groups in total. The number of aromatic nitrogens is 3. The minimum absolute atomic E-state index is 0.107. The number of rotatable bonds is 6. The van der Waals surface area contributed by atoms with Crippen molar-refractivity contribution in [3.8, 4) is 0 Å². The zero-order chi connectivity index (χ0) is 25.4. The van der Waals surface area contributed by atoms with E-state index in [1.807, 2.05) is 12.1 Å². The van der Waals surface area contributed by atoms with Gasteiger partial charge in [0.05, 0.1) is 16.8 Å². The molecule has 3 aromatic rings. The molecular weight excluding hydrogens is 468 g/mol. The summed E-state index contributed by atoms with van der Waals surface area (Å²) in [5, 5.41) is 16.1. The quantitative estimate of drug-likeness (QED) is 0.559. The van der Waals surface area contributed by atoms with E-state index in [1.165, 1.54) is 22.2 Å². The Hall–Kier alpha value is -3.57. The molecule has 1 atom stereocenters. The van der Waals surface area contributed by atoms with Crippen molar-refractivity contribution in [2.45, 2.75) is 18.8 Å². The van der Waals surface area contributed by atoms with Crippen molar-refractivity contribution in [3.05, 3.63) is 71.8 Å². The first-order valence-corrected chi connectivity index (χ1v) is 11.9. The van der Waals surface area contributed by atoms with E-state index in [4.69, 9.17) is 0 Å². The van der Waals surface area contributed by atoms with Gasteiger partial charge >= 0.3 is 0 Å². The lowest BCUT2D eigenvalue weighted by Gasteiger charge is -2.50. The van der Waals surface area contributed by atoms with Crippen molar-refractivity contribution in [2.75, 3.05) is 56.6 Å². The van der Waals surface area contributed by atoms with Crippen LogP contribution in [0.5, 0.6) is 0 Å². The van der Waals surface area contributed by atoms with Crippen molar-refractivity contribution in [3.63, 3.8) is 0 Å². The molecule has 5 rings (SSSR count). The summed E-state index contributed by atoms with van der Waals surface area (Å²) < 4.78 is 30.5. The number of hydrogen-bond donors (Lipinski definition) is 1. The third-order valence-electron chi connectivity index (χ3n) is 7.06. The molecule has 1 aromatic heterocycles. The molecule has 2 aliphatic heterocycles. The summed E-state index contributed by atoms with van der Waals surface area (Å²) >= 11 is 0. The van der Waals surface area contributed by atoms with Crippen LogP contribution in [0.2, 0.25) is 0 Å². The third kappa shape index (κ3) is 4.18. The van der Waals surface area contributed by atoms with Gasteiger partial charge in [0.1, 0.15) is 24.3 Å². The number of hydrogen-bond acceptors (Lipinski definition) is 7. The fourth-order valence-electron chi connectivity index (χ4n) is 4.96. The van der Waals surface area contributed by atoms with E-state index >= 15 is 4.39 Å². The van der Waals surface area contributed by atoms with Gasteiger partial charge in [-0.3, -0.25) is 14.4 Å². The van der Waals surface area contributed by atoms with E-state index in [0.29, 0.717) is 24.2 Å². The van der Waals surface area contributed by atoms with Crippen LogP contribution in [0.25, 0.3) is 0 Å². The number of carbonyl (C=O) groups is 1. The van der Waals surface area contributed by atoms with Gasteiger partial charge in [-0.2, -0.15) is 5.10 Å². The minimum atomic E-state index is -2.16. The molecule has 0 radical (unpaired) electrons. The van der Waals surface area contributed by atoms with E-state index in [0.717, 1.165) is 44.0 Å². The molecule has 1 fully saturated rings. The smallest absolute Gasteiger partial charge is 0.259 e. The van der Waals surface area contributed by atoms with Gasteiger partial charge in [-0.05, 0) is 43.8 Å². The number of amides is 1. The Morgan fingerprint density at radius 3 is 2.50 bits per heavy atom. The number of likely N-dealkylation sites (N-methyl/N-ethyl adjacent to an activating group) is 1. The second kappa shape index (κ2) is 9.47. The van der Waals surface area contributed by atoms with Crippen molar-refractivity contribution < 1.29 is 18.7 Å². The number of halogens is 2. The van der Waals surface area contributed by atoms with Crippen molar-refractivity contribution in [1.29, 1.82) is 0 Å². The zero-order valence-electron chi connectivity index (χ0n) is 20.3. The molecule has 2 aromatic carbocycles. The fraction of sp³-hybridized carbons (Fsp3) is 0.400. The van der Waals surface area contributed by atoms with E-state index in [2.05, 4.69) is 26.9 Å². The van der Waals surface area contributed by atoms with E-state index in [-0.39, 0.29) is 12.1 Å². The van der Waals surface area contributed by atoms with Crippen LogP contribution in [0.1, 0.15) is 22.3 Å². The first kappa shape index (κ1) is 24.1. The molecule has 9 nitrogen and oxygen atoms in total. The minimum Gasteiger partial charge on any atom is -0.369 e. The largest absolute Gasteiger partial charge is 0.369 e. The summed E-state index contributed by atoms with van der Waals surface area (Å²) in [6.45, 7) is 4.05. The summed E-state index contributed by atoms with van der Waals surface area (Å²) in [6.07, 6.45) is 3.41. The number of benzene rings is 2. The Kier molecular flexibility index (Phi) is 6.35. The molecule has 3 heterocycles. The van der Waals surface area contributed by atoms with Crippen molar-refractivity contribution in [1.82, 2.24) is 24.6 Å². The predicted octanol–water partition coefficient (Wildman–Crippen LogP) is 2.09. The highest BCUT2D eigenvalue weighted by molar-refractivity contribution is 6.03. The van der Waals surface area contributed by atoms with Gasteiger partial charge in [-0.1, -0.05) is 0 Å². The van der Waals surface area contributed by atoms with Gasteiger partial charge < -0.3 is 19.8 Å². The fourth-order valence-corrected chi connectivity index (χ4v) is 4.96. The lowest BCUT2D eigenvalue weighted by molar-refractivity contribution is -0.0992. The van der Waals surface area contributed by atoms with Crippen LogP contribution in [-0.2, 0) is 12.4 Å². The SMILES string of the molecule is CN1CCN(c2ccc3c(c2)N(C)C(O)(c2ccc(F)cc2F)N(CCCn2cncn2)C3=O)CC1. The average molecular weight is 498 g/mol. The average Bonchev–Trinajstić information content (AvgIpc) is 3.38. The standard InChI is InChI=1S/C25H29F2N7O2/c1-30-10-12-32(13-11-30)19-5-6-20-23(15-19)31(2)25(36,21-7-4-18(26)14-22(21)27)34(24(20)35)9-3-8-33-17-28-16-29-33/h4-7,14-17,36H,3,8-13H2,1-2H3. The first-order valence-electron chi connectivity index (χ1n) is 11.9.